The number of carboxylic acids is 1. The highest BCUT2D eigenvalue weighted by Gasteiger charge is 2.16. The van der Waals surface area contributed by atoms with Crippen LogP contribution in [0.5, 0.6) is 5.88 Å². The van der Waals surface area contributed by atoms with E-state index < -0.39 is 5.97 Å². The summed E-state index contributed by atoms with van der Waals surface area (Å²) in [6.07, 6.45) is 9.38. The van der Waals surface area contributed by atoms with Crippen molar-refractivity contribution in [2.45, 2.75) is 44.6 Å². The van der Waals surface area contributed by atoms with Gasteiger partial charge in [0.05, 0.1) is 18.8 Å². The van der Waals surface area contributed by atoms with E-state index in [1.54, 1.807) is 24.3 Å². The molecule has 0 spiro atoms. The van der Waals surface area contributed by atoms with Gasteiger partial charge in [0.2, 0.25) is 5.88 Å². The van der Waals surface area contributed by atoms with Crippen molar-refractivity contribution in [3.05, 3.63) is 12.4 Å². The van der Waals surface area contributed by atoms with Crippen molar-refractivity contribution < 1.29 is 14.6 Å². The van der Waals surface area contributed by atoms with Gasteiger partial charge in [-0.15, -0.1) is 0 Å². The summed E-state index contributed by atoms with van der Waals surface area (Å²) in [5.41, 5.74) is 0. The Balaban J connectivity index is 1.94. The number of nitrogens with zero attached hydrogens (tertiary/aromatic N) is 3. The first-order chi connectivity index (χ1) is 9.65. The predicted molar refractivity (Wildman–Crippen MR) is 75.1 cm³/mol. The lowest BCUT2D eigenvalue weighted by Crippen LogP contribution is -2.23. The highest BCUT2D eigenvalue weighted by Crippen LogP contribution is 2.22. The average Bonchev–Trinajstić information content (AvgIpc) is 2.46. The molecule has 1 aliphatic rings. The molecule has 0 bridgehead atoms. The van der Waals surface area contributed by atoms with Gasteiger partial charge in [-0.3, -0.25) is 9.78 Å². The molecule has 6 heteroatoms. The largest absolute Gasteiger partial charge is 0.481 e. The van der Waals surface area contributed by atoms with E-state index in [0.29, 0.717) is 18.2 Å². The maximum Gasteiger partial charge on any atom is 0.305 e. The summed E-state index contributed by atoms with van der Waals surface area (Å²) in [6.45, 7) is 0.400. The SMILES string of the molecule is CN(CCC(=O)O)c1cncc(OC2CCCCC2)n1. The molecule has 1 N–H and O–H groups in total. The average molecular weight is 279 g/mol. The van der Waals surface area contributed by atoms with E-state index in [4.69, 9.17) is 9.84 Å². The van der Waals surface area contributed by atoms with Gasteiger partial charge in [-0.05, 0) is 25.7 Å². The summed E-state index contributed by atoms with van der Waals surface area (Å²) < 4.78 is 5.86. The first-order valence-electron chi connectivity index (χ1n) is 7.07. The van der Waals surface area contributed by atoms with Gasteiger partial charge < -0.3 is 14.7 Å². The van der Waals surface area contributed by atoms with Crippen LogP contribution >= 0.6 is 0 Å². The Bertz CT molecular complexity index is 447. The van der Waals surface area contributed by atoms with Crippen molar-refractivity contribution in [3.8, 4) is 5.88 Å². The van der Waals surface area contributed by atoms with E-state index in [1.165, 1.54) is 19.3 Å². The fraction of sp³-hybridized carbons (Fsp3) is 0.643. The second kappa shape index (κ2) is 7.07. The molecule has 0 radical (unpaired) electrons. The molecule has 20 heavy (non-hydrogen) atoms. The Hall–Kier alpha value is -1.85. The molecular weight excluding hydrogens is 258 g/mol. The molecule has 1 heterocycles. The Labute approximate surface area is 118 Å². The van der Waals surface area contributed by atoms with Crippen LogP contribution in [0.3, 0.4) is 0 Å². The molecule has 1 saturated carbocycles. The quantitative estimate of drug-likeness (QED) is 0.859. The van der Waals surface area contributed by atoms with E-state index in [-0.39, 0.29) is 12.5 Å². The Kier molecular flexibility index (Phi) is 5.15. The number of anilines is 1. The van der Waals surface area contributed by atoms with Crippen LogP contribution in [0, 0.1) is 0 Å². The first kappa shape index (κ1) is 14.6. The van der Waals surface area contributed by atoms with Crippen molar-refractivity contribution in [3.63, 3.8) is 0 Å². The van der Waals surface area contributed by atoms with Gasteiger partial charge in [-0.25, -0.2) is 0 Å². The Morgan fingerprint density at radius 2 is 2.15 bits per heavy atom. The Morgan fingerprint density at radius 1 is 1.40 bits per heavy atom. The van der Waals surface area contributed by atoms with Crippen LogP contribution in [0.2, 0.25) is 0 Å². The van der Waals surface area contributed by atoms with Gasteiger partial charge in [0, 0.05) is 13.6 Å². The van der Waals surface area contributed by atoms with Crippen LogP contribution in [-0.4, -0.2) is 40.7 Å². The molecule has 0 saturated heterocycles. The molecule has 1 aliphatic carbocycles. The minimum Gasteiger partial charge on any atom is -0.481 e. The van der Waals surface area contributed by atoms with E-state index in [1.807, 2.05) is 0 Å². The minimum absolute atomic E-state index is 0.0753. The van der Waals surface area contributed by atoms with E-state index in [2.05, 4.69) is 9.97 Å². The first-order valence-corrected chi connectivity index (χ1v) is 7.07. The third kappa shape index (κ3) is 4.36. The minimum atomic E-state index is -0.820. The molecule has 6 nitrogen and oxygen atoms in total. The number of aliphatic carboxylic acids is 1. The predicted octanol–water partition coefficient (Wildman–Crippen LogP) is 2.10. The zero-order valence-corrected chi connectivity index (χ0v) is 11.8. The molecule has 0 aromatic carbocycles. The molecule has 0 unspecified atom stereocenters. The van der Waals surface area contributed by atoms with Crippen molar-refractivity contribution in [2.24, 2.45) is 0 Å². The summed E-state index contributed by atoms with van der Waals surface area (Å²) in [7, 11) is 1.80. The van der Waals surface area contributed by atoms with Crippen LogP contribution in [0.4, 0.5) is 5.82 Å². The van der Waals surface area contributed by atoms with Crippen LogP contribution in [0.1, 0.15) is 38.5 Å². The van der Waals surface area contributed by atoms with E-state index in [9.17, 15) is 4.79 Å². The van der Waals surface area contributed by atoms with Crippen LogP contribution in [0.15, 0.2) is 12.4 Å². The molecule has 0 atom stereocenters. The highest BCUT2D eigenvalue weighted by atomic mass is 16.5. The topological polar surface area (TPSA) is 75.6 Å². The lowest BCUT2D eigenvalue weighted by atomic mass is 9.98. The van der Waals surface area contributed by atoms with Crippen molar-refractivity contribution >= 4 is 11.8 Å². The number of aromatic nitrogens is 2. The number of rotatable bonds is 6. The van der Waals surface area contributed by atoms with Gasteiger partial charge in [0.25, 0.3) is 0 Å². The second-order valence-electron chi connectivity index (χ2n) is 5.16. The number of ether oxygens (including phenoxy) is 1. The fourth-order valence-corrected chi connectivity index (χ4v) is 2.31. The number of hydrogen-bond donors (Lipinski definition) is 1. The van der Waals surface area contributed by atoms with Gasteiger partial charge >= 0.3 is 5.97 Å². The van der Waals surface area contributed by atoms with E-state index in [0.717, 1.165) is 12.8 Å². The standard InChI is InChI=1S/C14H21N3O3/c1-17(8-7-14(18)19)12-9-15-10-13(16-12)20-11-5-3-2-4-6-11/h9-11H,2-8H2,1H3,(H,18,19). The molecular formula is C14H21N3O3. The van der Waals surface area contributed by atoms with Crippen LogP contribution < -0.4 is 9.64 Å². The monoisotopic (exact) mass is 279 g/mol. The normalized spacial score (nSPS) is 15.8. The molecule has 1 fully saturated rings. The second-order valence-corrected chi connectivity index (χ2v) is 5.16. The molecule has 0 amide bonds. The maximum absolute atomic E-state index is 10.6. The van der Waals surface area contributed by atoms with Crippen molar-refractivity contribution in [1.29, 1.82) is 0 Å². The summed E-state index contributed by atoms with van der Waals surface area (Å²) >= 11 is 0. The van der Waals surface area contributed by atoms with Crippen LogP contribution in [-0.2, 0) is 4.79 Å². The maximum atomic E-state index is 10.6. The smallest absolute Gasteiger partial charge is 0.305 e. The number of carboxylic acid groups (broad SMARTS) is 1. The summed E-state index contributed by atoms with van der Waals surface area (Å²) in [6, 6.07) is 0. The van der Waals surface area contributed by atoms with Gasteiger partial charge in [0.15, 0.2) is 5.82 Å². The zero-order chi connectivity index (χ0) is 14.4. The number of hydrogen-bond acceptors (Lipinski definition) is 5. The summed E-state index contributed by atoms with van der Waals surface area (Å²) in [5, 5.41) is 8.69. The van der Waals surface area contributed by atoms with Crippen molar-refractivity contribution in [2.75, 3.05) is 18.5 Å². The van der Waals surface area contributed by atoms with Gasteiger partial charge in [-0.2, -0.15) is 4.98 Å². The zero-order valence-electron chi connectivity index (χ0n) is 11.8. The summed E-state index contributed by atoms with van der Waals surface area (Å²) in [5.74, 6) is 0.343. The third-order valence-electron chi connectivity index (χ3n) is 3.49. The summed E-state index contributed by atoms with van der Waals surface area (Å²) in [4.78, 5) is 20.9. The fourth-order valence-electron chi connectivity index (χ4n) is 2.31. The van der Waals surface area contributed by atoms with Crippen molar-refractivity contribution in [1.82, 2.24) is 9.97 Å². The van der Waals surface area contributed by atoms with Gasteiger partial charge in [0.1, 0.15) is 6.10 Å². The van der Waals surface area contributed by atoms with Crippen LogP contribution in [0.25, 0.3) is 0 Å². The third-order valence-corrected chi connectivity index (χ3v) is 3.49. The number of carbonyl (C=O) groups is 1. The molecule has 1 aromatic heterocycles. The molecule has 110 valence electrons. The molecule has 2 rings (SSSR count). The molecule has 0 aliphatic heterocycles. The Morgan fingerprint density at radius 3 is 2.85 bits per heavy atom. The van der Waals surface area contributed by atoms with E-state index >= 15 is 0 Å². The van der Waals surface area contributed by atoms with Gasteiger partial charge in [-0.1, -0.05) is 6.42 Å². The lowest BCUT2D eigenvalue weighted by Gasteiger charge is -2.23. The lowest BCUT2D eigenvalue weighted by molar-refractivity contribution is -0.136. The highest BCUT2D eigenvalue weighted by molar-refractivity contribution is 5.67. The molecule has 1 aromatic rings.